The molecule has 10 heteroatoms. The first-order valence-electron chi connectivity index (χ1n) is 8.51. The van der Waals surface area contributed by atoms with Crippen LogP contribution < -0.4 is 19.1 Å². The minimum atomic E-state index is -3.78. The second-order valence-corrected chi connectivity index (χ2v) is 8.94. The Bertz CT molecular complexity index is 998. The number of hydrogen-bond donors (Lipinski definition) is 1. The molecule has 7 nitrogen and oxygen atoms in total. The minimum absolute atomic E-state index is 0.0559. The lowest BCUT2D eigenvalue weighted by Gasteiger charge is -2.24. The third-order valence-corrected chi connectivity index (χ3v) is 6.11. The van der Waals surface area contributed by atoms with E-state index in [-0.39, 0.29) is 15.7 Å². The second kappa shape index (κ2) is 9.56. The molecule has 0 heterocycles. The van der Waals surface area contributed by atoms with Gasteiger partial charge >= 0.3 is 0 Å². The third-order valence-electron chi connectivity index (χ3n) is 4.17. The monoisotopic (exact) mass is 460 g/mol. The highest BCUT2D eigenvalue weighted by molar-refractivity contribution is 7.92. The quantitative estimate of drug-likeness (QED) is 0.649. The number of ether oxygens (including phenoxy) is 2. The van der Waals surface area contributed by atoms with Gasteiger partial charge in [0.25, 0.3) is 0 Å². The molecule has 1 unspecified atom stereocenters. The van der Waals surface area contributed by atoms with Crippen LogP contribution in [0.15, 0.2) is 36.4 Å². The highest BCUT2D eigenvalue weighted by Gasteiger charge is 2.24. The Morgan fingerprint density at radius 2 is 1.79 bits per heavy atom. The molecule has 1 N–H and O–H groups in total. The fraction of sp³-hybridized carbons (Fsp3) is 0.316. The fourth-order valence-corrected chi connectivity index (χ4v) is 4.00. The lowest BCUT2D eigenvalue weighted by Crippen LogP contribution is -2.41. The summed E-state index contributed by atoms with van der Waals surface area (Å²) >= 11 is 12.1. The topological polar surface area (TPSA) is 84.9 Å². The van der Waals surface area contributed by atoms with E-state index < -0.39 is 28.5 Å². The molecule has 0 aliphatic carbocycles. The molecule has 1 atom stereocenters. The highest BCUT2D eigenvalue weighted by atomic mass is 35.5. The summed E-state index contributed by atoms with van der Waals surface area (Å²) in [4.78, 5) is 12.6. The van der Waals surface area contributed by atoms with Gasteiger partial charge in [-0.25, -0.2) is 8.42 Å². The zero-order valence-corrected chi connectivity index (χ0v) is 18.7. The Balaban J connectivity index is 2.21. The molecule has 2 aromatic rings. The second-order valence-electron chi connectivity index (χ2n) is 6.25. The molecule has 0 aliphatic rings. The normalized spacial score (nSPS) is 12.2. The van der Waals surface area contributed by atoms with Crippen LogP contribution in [-0.4, -0.2) is 41.3 Å². The number of carbonyl (C=O) groups is 1. The van der Waals surface area contributed by atoms with Crippen molar-refractivity contribution in [1.82, 2.24) is 5.32 Å². The predicted molar refractivity (Wildman–Crippen MR) is 115 cm³/mol. The van der Waals surface area contributed by atoms with Crippen molar-refractivity contribution < 1.29 is 22.7 Å². The molecule has 0 aliphatic heterocycles. The van der Waals surface area contributed by atoms with Crippen molar-refractivity contribution in [2.75, 3.05) is 31.3 Å². The van der Waals surface area contributed by atoms with Gasteiger partial charge in [0, 0.05) is 0 Å². The number of sulfonamides is 1. The molecule has 0 spiro atoms. The van der Waals surface area contributed by atoms with Gasteiger partial charge in [-0.2, -0.15) is 0 Å². The summed E-state index contributed by atoms with van der Waals surface area (Å²) in [6, 6.07) is 9.43. The van der Waals surface area contributed by atoms with Crippen LogP contribution in [0.2, 0.25) is 10.0 Å². The number of carbonyl (C=O) groups excluding carboxylic acids is 1. The first-order valence-corrected chi connectivity index (χ1v) is 11.1. The van der Waals surface area contributed by atoms with Crippen LogP contribution in [0.25, 0.3) is 0 Å². The van der Waals surface area contributed by atoms with Gasteiger partial charge in [0.05, 0.1) is 42.2 Å². The van der Waals surface area contributed by atoms with Crippen LogP contribution in [-0.2, 0) is 14.8 Å². The smallest absolute Gasteiger partial charge is 0.241 e. The predicted octanol–water partition coefficient (Wildman–Crippen LogP) is 3.65. The number of benzene rings is 2. The average Bonchev–Trinajstić information content (AvgIpc) is 2.67. The molecular formula is C19H22Cl2N2O5S. The van der Waals surface area contributed by atoms with E-state index in [2.05, 4.69) is 5.32 Å². The molecule has 0 bridgehead atoms. The zero-order chi connectivity index (χ0) is 21.8. The third kappa shape index (κ3) is 5.68. The van der Waals surface area contributed by atoms with Crippen molar-refractivity contribution >= 4 is 44.8 Å². The Morgan fingerprint density at radius 1 is 1.14 bits per heavy atom. The van der Waals surface area contributed by atoms with Crippen LogP contribution in [0.5, 0.6) is 11.5 Å². The van der Waals surface area contributed by atoms with Crippen LogP contribution in [0.4, 0.5) is 5.69 Å². The number of nitrogens with zero attached hydrogens (tertiary/aromatic N) is 1. The van der Waals surface area contributed by atoms with Crippen molar-refractivity contribution in [2.45, 2.75) is 13.0 Å². The number of nitrogens with one attached hydrogen (secondary N) is 1. The Labute approximate surface area is 180 Å². The van der Waals surface area contributed by atoms with Crippen molar-refractivity contribution in [3.8, 4) is 11.5 Å². The maximum Gasteiger partial charge on any atom is 0.241 e. The van der Waals surface area contributed by atoms with Crippen LogP contribution in [0.3, 0.4) is 0 Å². The van der Waals surface area contributed by atoms with Crippen LogP contribution >= 0.6 is 23.2 Å². The molecule has 1 amide bonds. The maximum atomic E-state index is 12.6. The van der Waals surface area contributed by atoms with Gasteiger partial charge in [-0.05, 0) is 36.8 Å². The minimum Gasteiger partial charge on any atom is -0.493 e. The van der Waals surface area contributed by atoms with E-state index >= 15 is 0 Å². The molecule has 2 rings (SSSR count). The molecule has 2 aromatic carbocycles. The lowest BCUT2D eigenvalue weighted by atomic mass is 10.1. The maximum absolute atomic E-state index is 12.6. The summed E-state index contributed by atoms with van der Waals surface area (Å²) in [6.45, 7) is 1.33. The average molecular weight is 461 g/mol. The molecule has 0 saturated heterocycles. The molecule has 0 radical (unpaired) electrons. The SMILES string of the molecule is COc1ccc(C(C)NC(=O)CN(c2cccc(Cl)c2Cl)S(C)(=O)=O)cc1OC. The molecular weight excluding hydrogens is 439 g/mol. The van der Waals surface area contributed by atoms with E-state index in [9.17, 15) is 13.2 Å². The standard InChI is InChI=1S/C19H22Cl2N2O5S/c1-12(13-8-9-16(27-2)17(10-13)28-3)22-18(24)11-23(29(4,25)26)15-7-5-6-14(20)19(15)21/h5-10,12H,11H2,1-4H3,(H,22,24). The van der Waals surface area contributed by atoms with Gasteiger partial charge in [0.1, 0.15) is 6.54 Å². The van der Waals surface area contributed by atoms with Crippen molar-refractivity contribution in [1.29, 1.82) is 0 Å². The van der Waals surface area contributed by atoms with E-state index in [1.807, 2.05) is 0 Å². The Morgan fingerprint density at radius 3 is 2.38 bits per heavy atom. The molecule has 0 aromatic heterocycles. The van der Waals surface area contributed by atoms with Gasteiger partial charge in [-0.1, -0.05) is 35.3 Å². The summed E-state index contributed by atoms with van der Waals surface area (Å²) in [5, 5.41) is 3.02. The molecule has 0 fully saturated rings. The van der Waals surface area contributed by atoms with E-state index in [0.717, 1.165) is 16.1 Å². The lowest BCUT2D eigenvalue weighted by molar-refractivity contribution is -0.120. The fourth-order valence-electron chi connectivity index (χ4n) is 2.69. The summed E-state index contributed by atoms with van der Waals surface area (Å²) in [7, 11) is -0.731. The first-order chi connectivity index (χ1) is 13.6. The summed E-state index contributed by atoms with van der Waals surface area (Å²) in [5.74, 6) is 0.581. The number of halogens is 2. The van der Waals surface area contributed by atoms with E-state index in [1.54, 1.807) is 31.2 Å². The van der Waals surface area contributed by atoms with Gasteiger partial charge in [-0.3, -0.25) is 9.10 Å². The van der Waals surface area contributed by atoms with Crippen LogP contribution in [0.1, 0.15) is 18.5 Å². The van der Waals surface area contributed by atoms with Gasteiger partial charge < -0.3 is 14.8 Å². The van der Waals surface area contributed by atoms with Crippen molar-refractivity contribution in [3.63, 3.8) is 0 Å². The number of hydrogen-bond acceptors (Lipinski definition) is 5. The summed E-state index contributed by atoms with van der Waals surface area (Å²) in [6.07, 6.45) is 0.995. The van der Waals surface area contributed by atoms with E-state index in [0.29, 0.717) is 11.5 Å². The van der Waals surface area contributed by atoms with Gasteiger partial charge in [0.15, 0.2) is 11.5 Å². The number of anilines is 1. The van der Waals surface area contributed by atoms with E-state index in [4.69, 9.17) is 32.7 Å². The first kappa shape index (κ1) is 23.1. The number of methoxy groups -OCH3 is 2. The number of amides is 1. The summed E-state index contributed by atoms with van der Waals surface area (Å²) in [5.41, 5.74) is 0.901. The van der Waals surface area contributed by atoms with Crippen LogP contribution in [0, 0.1) is 0 Å². The van der Waals surface area contributed by atoms with E-state index in [1.165, 1.54) is 26.4 Å². The zero-order valence-electron chi connectivity index (χ0n) is 16.4. The number of rotatable bonds is 8. The highest BCUT2D eigenvalue weighted by Crippen LogP contribution is 2.34. The largest absolute Gasteiger partial charge is 0.493 e. The molecule has 158 valence electrons. The molecule has 29 heavy (non-hydrogen) atoms. The van der Waals surface area contributed by atoms with Crippen molar-refractivity contribution in [2.24, 2.45) is 0 Å². The Hall–Kier alpha value is -2.16. The summed E-state index contributed by atoms with van der Waals surface area (Å²) < 4.78 is 35.9. The molecule has 0 saturated carbocycles. The van der Waals surface area contributed by atoms with Crippen molar-refractivity contribution in [3.05, 3.63) is 52.0 Å². The van der Waals surface area contributed by atoms with Gasteiger partial charge in [-0.15, -0.1) is 0 Å². The van der Waals surface area contributed by atoms with Gasteiger partial charge in [0.2, 0.25) is 15.9 Å². The Kier molecular flexibility index (Phi) is 7.62.